The molecule has 0 spiro atoms. The van der Waals surface area contributed by atoms with E-state index in [0.29, 0.717) is 5.11 Å². The molecule has 1 rings (SSSR count). The summed E-state index contributed by atoms with van der Waals surface area (Å²) in [5.41, 5.74) is 3.30. The van der Waals surface area contributed by atoms with E-state index in [-0.39, 0.29) is 5.91 Å². The fourth-order valence-corrected chi connectivity index (χ4v) is 1.40. The second kappa shape index (κ2) is 4.89. The summed E-state index contributed by atoms with van der Waals surface area (Å²) in [6, 6.07) is 5.92. The Hall–Kier alpha value is -1.42. The van der Waals surface area contributed by atoms with Crippen LogP contribution in [0.5, 0.6) is 0 Å². The van der Waals surface area contributed by atoms with Gasteiger partial charge in [0.15, 0.2) is 5.11 Å². The molecule has 0 aliphatic carbocycles. The van der Waals surface area contributed by atoms with Gasteiger partial charge in [-0.15, -0.1) is 0 Å². The van der Waals surface area contributed by atoms with Crippen molar-refractivity contribution in [2.75, 3.05) is 5.32 Å². The number of carbonyl (C=O) groups excluding carboxylic acids is 1. The predicted molar refractivity (Wildman–Crippen MR) is 66.0 cm³/mol. The van der Waals surface area contributed by atoms with Gasteiger partial charge in [-0.1, -0.05) is 6.07 Å². The van der Waals surface area contributed by atoms with Gasteiger partial charge in [-0.3, -0.25) is 4.79 Å². The van der Waals surface area contributed by atoms with Crippen molar-refractivity contribution in [1.29, 1.82) is 0 Å². The molecule has 0 aliphatic heterocycles. The zero-order valence-corrected chi connectivity index (χ0v) is 9.87. The molecule has 2 N–H and O–H groups in total. The standard InChI is InChI=1S/C11H14N2OS/c1-7-4-5-10(6-8(7)2)13-11(15)12-9(3)14/h4-6H,1-3H3,(H2,12,13,14,15). The van der Waals surface area contributed by atoms with Gasteiger partial charge in [0, 0.05) is 12.6 Å². The highest BCUT2D eigenvalue weighted by Gasteiger charge is 2.00. The summed E-state index contributed by atoms with van der Waals surface area (Å²) in [7, 11) is 0. The van der Waals surface area contributed by atoms with Crippen LogP contribution in [0.3, 0.4) is 0 Å². The number of thiocarbonyl (C=S) groups is 1. The highest BCUT2D eigenvalue weighted by molar-refractivity contribution is 7.80. The minimum Gasteiger partial charge on any atom is -0.332 e. The lowest BCUT2D eigenvalue weighted by Crippen LogP contribution is -2.32. The number of rotatable bonds is 1. The molecular weight excluding hydrogens is 208 g/mol. The van der Waals surface area contributed by atoms with E-state index in [4.69, 9.17) is 12.2 Å². The summed E-state index contributed by atoms with van der Waals surface area (Å²) in [6.07, 6.45) is 0. The minimum atomic E-state index is -0.170. The first kappa shape index (κ1) is 11.7. The van der Waals surface area contributed by atoms with E-state index in [1.165, 1.54) is 18.1 Å². The van der Waals surface area contributed by atoms with Gasteiger partial charge in [-0.05, 0) is 49.3 Å². The molecule has 0 saturated carbocycles. The zero-order chi connectivity index (χ0) is 11.4. The normalized spacial score (nSPS) is 9.53. The highest BCUT2D eigenvalue weighted by Crippen LogP contribution is 2.13. The van der Waals surface area contributed by atoms with Crippen LogP contribution in [0, 0.1) is 13.8 Å². The summed E-state index contributed by atoms with van der Waals surface area (Å²) in [4.78, 5) is 10.7. The highest BCUT2D eigenvalue weighted by atomic mass is 32.1. The smallest absolute Gasteiger partial charge is 0.222 e. The molecule has 0 aromatic heterocycles. The van der Waals surface area contributed by atoms with Crippen molar-refractivity contribution < 1.29 is 4.79 Å². The number of hydrogen-bond donors (Lipinski definition) is 2. The molecule has 1 aromatic rings. The Bertz CT molecular complexity index is 402. The van der Waals surface area contributed by atoms with Gasteiger partial charge in [0.1, 0.15) is 0 Å². The van der Waals surface area contributed by atoms with Gasteiger partial charge >= 0.3 is 0 Å². The number of amides is 1. The number of hydrogen-bond acceptors (Lipinski definition) is 2. The number of anilines is 1. The minimum absolute atomic E-state index is 0.170. The van der Waals surface area contributed by atoms with Crippen molar-refractivity contribution >= 4 is 28.9 Å². The molecule has 1 amide bonds. The lowest BCUT2D eigenvalue weighted by atomic mass is 10.1. The molecular formula is C11H14N2OS. The largest absolute Gasteiger partial charge is 0.332 e. The van der Waals surface area contributed by atoms with Gasteiger partial charge in [0.2, 0.25) is 5.91 Å². The van der Waals surface area contributed by atoms with E-state index in [0.717, 1.165) is 5.69 Å². The Kier molecular flexibility index (Phi) is 3.80. The zero-order valence-electron chi connectivity index (χ0n) is 9.05. The summed E-state index contributed by atoms with van der Waals surface area (Å²) >= 11 is 4.95. The molecule has 80 valence electrons. The average molecular weight is 222 g/mol. The molecule has 0 aliphatic rings. The van der Waals surface area contributed by atoms with E-state index in [1.54, 1.807) is 0 Å². The third-order valence-electron chi connectivity index (χ3n) is 2.05. The Labute approximate surface area is 94.9 Å². The first-order valence-electron chi connectivity index (χ1n) is 4.65. The maximum absolute atomic E-state index is 10.7. The van der Waals surface area contributed by atoms with Gasteiger partial charge in [-0.25, -0.2) is 0 Å². The van der Waals surface area contributed by atoms with E-state index >= 15 is 0 Å². The van der Waals surface area contributed by atoms with E-state index in [9.17, 15) is 4.79 Å². The molecule has 0 saturated heterocycles. The van der Waals surface area contributed by atoms with E-state index in [2.05, 4.69) is 10.6 Å². The quantitative estimate of drug-likeness (QED) is 0.715. The Balaban J connectivity index is 2.69. The first-order chi connectivity index (χ1) is 6.99. The number of nitrogens with one attached hydrogen (secondary N) is 2. The van der Waals surface area contributed by atoms with Crippen molar-refractivity contribution in [2.45, 2.75) is 20.8 Å². The van der Waals surface area contributed by atoms with E-state index in [1.807, 2.05) is 32.0 Å². The molecule has 0 fully saturated rings. The second-order valence-corrected chi connectivity index (χ2v) is 3.84. The Morgan fingerprint density at radius 1 is 1.27 bits per heavy atom. The van der Waals surface area contributed by atoms with Gasteiger partial charge in [0.25, 0.3) is 0 Å². The monoisotopic (exact) mass is 222 g/mol. The molecule has 1 aromatic carbocycles. The van der Waals surface area contributed by atoms with Crippen LogP contribution in [0.2, 0.25) is 0 Å². The van der Waals surface area contributed by atoms with Crippen molar-refractivity contribution in [2.24, 2.45) is 0 Å². The summed E-state index contributed by atoms with van der Waals surface area (Å²) in [5.74, 6) is -0.170. The molecule has 15 heavy (non-hydrogen) atoms. The third kappa shape index (κ3) is 3.67. The second-order valence-electron chi connectivity index (χ2n) is 3.43. The van der Waals surface area contributed by atoms with Crippen molar-refractivity contribution in [1.82, 2.24) is 5.32 Å². The summed E-state index contributed by atoms with van der Waals surface area (Å²) < 4.78 is 0. The van der Waals surface area contributed by atoms with Crippen LogP contribution in [-0.2, 0) is 4.79 Å². The molecule has 0 radical (unpaired) electrons. The van der Waals surface area contributed by atoms with Crippen LogP contribution in [0.25, 0.3) is 0 Å². The van der Waals surface area contributed by atoms with Crippen LogP contribution in [0.15, 0.2) is 18.2 Å². The fraction of sp³-hybridized carbons (Fsp3) is 0.273. The first-order valence-corrected chi connectivity index (χ1v) is 5.05. The summed E-state index contributed by atoms with van der Waals surface area (Å²) in [6.45, 7) is 5.50. The number of carbonyl (C=O) groups is 1. The third-order valence-corrected chi connectivity index (χ3v) is 2.26. The van der Waals surface area contributed by atoms with Crippen LogP contribution in [0.4, 0.5) is 5.69 Å². The molecule has 0 atom stereocenters. The lowest BCUT2D eigenvalue weighted by molar-refractivity contribution is -0.117. The van der Waals surface area contributed by atoms with Crippen LogP contribution in [-0.4, -0.2) is 11.0 Å². The van der Waals surface area contributed by atoms with Crippen LogP contribution in [0.1, 0.15) is 18.1 Å². The topological polar surface area (TPSA) is 41.1 Å². The van der Waals surface area contributed by atoms with Gasteiger partial charge in [0.05, 0.1) is 0 Å². The predicted octanol–water partition coefficient (Wildman–Crippen LogP) is 2.14. The molecule has 0 unspecified atom stereocenters. The fourth-order valence-electron chi connectivity index (χ4n) is 1.14. The van der Waals surface area contributed by atoms with Crippen LogP contribution < -0.4 is 10.6 Å². The molecule has 0 bridgehead atoms. The lowest BCUT2D eigenvalue weighted by Gasteiger charge is -2.09. The summed E-state index contributed by atoms with van der Waals surface area (Å²) in [5, 5.41) is 5.77. The number of aryl methyl sites for hydroxylation is 2. The van der Waals surface area contributed by atoms with Gasteiger partial charge < -0.3 is 10.6 Å². The Morgan fingerprint density at radius 2 is 1.93 bits per heavy atom. The Morgan fingerprint density at radius 3 is 2.47 bits per heavy atom. The average Bonchev–Trinajstić information content (AvgIpc) is 2.10. The molecule has 4 heteroatoms. The van der Waals surface area contributed by atoms with Crippen molar-refractivity contribution in [3.8, 4) is 0 Å². The maximum Gasteiger partial charge on any atom is 0.222 e. The van der Waals surface area contributed by atoms with Crippen molar-refractivity contribution in [3.05, 3.63) is 29.3 Å². The molecule has 0 heterocycles. The van der Waals surface area contributed by atoms with Gasteiger partial charge in [-0.2, -0.15) is 0 Å². The van der Waals surface area contributed by atoms with E-state index < -0.39 is 0 Å². The SMILES string of the molecule is CC(=O)NC(=S)Nc1ccc(C)c(C)c1. The molecule has 3 nitrogen and oxygen atoms in total. The number of benzene rings is 1. The van der Waals surface area contributed by atoms with Crippen molar-refractivity contribution in [3.63, 3.8) is 0 Å². The van der Waals surface area contributed by atoms with Crippen LogP contribution >= 0.6 is 12.2 Å². The maximum atomic E-state index is 10.7.